The predicted octanol–water partition coefficient (Wildman–Crippen LogP) is 7.50. The molecule has 4 atom stereocenters. The number of nitrogens with zero attached hydrogens (tertiary/aromatic N) is 2. The lowest BCUT2D eigenvalue weighted by Crippen LogP contribution is -2.45. The third-order valence-corrected chi connectivity index (χ3v) is 19.8. The SMILES string of the molecule is CCOC(=O)C[C@H](SC[C@H](NC(=O)OCC[Si](C)(C)C)C(=O)OC)C(=O)NCC(=O)NCCOCCOCCOCCOCCC(=O)N[C@@H](CSCC(=O)N(CCCNC(=O)OCC[Si](C)(C)C)[C@@H](c1cc(-c2cc(F)ccc2F)cn1Cc1ccccc1)C(C)(C)C)C(=O)O. The molecule has 0 bridgehead atoms. The molecule has 1 heterocycles. The summed E-state index contributed by atoms with van der Waals surface area (Å²) in [7, 11) is -1.81. The van der Waals surface area contributed by atoms with Crippen molar-refractivity contribution in [2.45, 2.75) is 128 Å². The number of methoxy groups -OCH3 is 1. The van der Waals surface area contributed by atoms with Crippen LogP contribution in [-0.2, 0) is 78.0 Å². The van der Waals surface area contributed by atoms with Crippen LogP contribution in [0.25, 0.3) is 11.1 Å². The van der Waals surface area contributed by atoms with Crippen molar-refractivity contribution < 1.29 is 94.9 Å². The van der Waals surface area contributed by atoms with E-state index in [4.69, 9.17) is 37.9 Å². The van der Waals surface area contributed by atoms with E-state index in [1.807, 2.05) is 55.7 Å². The fourth-order valence-corrected chi connectivity index (χ4v) is 12.5. The molecule has 96 heavy (non-hydrogen) atoms. The van der Waals surface area contributed by atoms with Crippen LogP contribution < -0.4 is 26.6 Å². The van der Waals surface area contributed by atoms with E-state index < -0.39 is 111 Å². The Hall–Kier alpha value is -6.62. The molecule has 6 amide bonds. The summed E-state index contributed by atoms with van der Waals surface area (Å²) in [5, 5.41) is 21.9. The van der Waals surface area contributed by atoms with Gasteiger partial charge in [0.15, 0.2) is 0 Å². The summed E-state index contributed by atoms with van der Waals surface area (Å²) in [6.07, 6.45) is 0.133. The van der Waals surface area contributed by atoms with Gasteiger partial charge in [-0.25, -0.2) is 28.0 Å². The summed E-state index contributed by atoms with van der Waals surface area (Å²) in [6.45, 7) is 22.6. The second-order valence-corrected chi connectivity index (χ2v) is 39.2. The van der Waals surface area contributed by atoms with Crippen molar-refractivity contribution in [3.8, 4) is 11.1 Å². The van der Waals surface area contributed by atoms with Gasteiger partial charge < -0.3 is 79.1 Å². The number of rotatable bonds is 47. The molecular formula is C65H101F2N7O18S2Si2. The average molecular weight is 1430 g/mol. The molecular weight excluding hydrogens is 1330 g/mol. The molecule has 0 radical (unpaired) electrons. The number of benzene rings is 2. The lowest BCUT2D eigenvalue weighted by Gasteiger charge is -2.41. The molecule has 0 fully saturated rings. The van der Waals surface area contributed by atoms with E-state index in [-0.39, 0.29) is 134 Å². The maximum Gasteiger partial charge on any atom is 0.407 e. The summed E-state index contributed by atoms with van der Waals surface area (Å²) in [5.41, 5.74) is 1.33. The number of nitrogens with one attached hydrogen (secondary N) is 5. The second-order valence-electron chi connectivity index (χ2n) is 25.7. The number of hydrogen-bond donors (Lipinski definition) is 6. The Bertz CT molecular complexity index is 2920. The number of carbonyl (C=O) groups excluding carboxylic acids is 8. The number of thioether (sulfide) groups is 2. The van der Waals surface area contributed by atoms with Crippen molar-refractivity contribution >= 4 is 93.4 Å². The molecule has 2 aromatic carbocycles. The first-order valence-electron chi connectivity index (χ1n) is 32.0. The number of carboxylic acid groups (broad SMARTS) is 1. The van der Waals surface area contributed by atoms with Crippen LogP contribution in [0.5, 0.6) is 0 Å². The Balaban J connectivity index is 1.43. The first-order valence-corrected chi connectivity index (χ1v) is 41.7. The zero-order valence-corrected chi connectivity index (χ0v) is 61.0. The minimum atomic E-state index is -1.49. The van der Waals surface area contributed by atoms with E-state index >= 15 is 4.39 Å². The van der Waals surface area contributed by atoms with Gasteiger partial charge in [-0.3, -0.25) is 24.0 Å². The molecule has 25 nitrogen and oxygen atoms in total. The highest BCUT2D eigenvalue weighted by molar-refractivity contribution is 8.00. The Morgan fingerprint density at radius 3 is 1.90 bits per heavy atom. The van der Waals surface area contributed by atoms with E-state index in [9.17, 15) is 52.6 Å². The number of esters is 2. The van der Waals surface area contributed by atoms with Gasteiger partial charge in [0.05, 0.1) is 110 Å². The number of carbonyl (C=O) groups is 9. The first-order chi connectivity index (χ1) is 45.4. The summed E-state index contributed by atoms with van der Waals surface area (Å²) >= 11 is 1.93. The van der Waals surface area contributed by atoms with Crippen LogP contribution in [0.1, 0.15) is 64.3 Å². The van der Waals surface area contributed by atoms with Crippen LogP contribution in [-0.4, -0.2) is 225 Å². The zero-order chi connectivity index (χ0) is 71.3. The number of halogens is 2. The van der Waals surface area contributed by atoms with Gasteiger partial charge in [-0.05, 0) is 60.7 Å². The first kappa shape index (κ1) is 83.6. The molecule has 3 rings (SSSR count). The predicted molar refractivity (Wildman–Crippen MR) is 368 cm³/mol. The standard InChI is InChI=1S/C65H101F2N7O18S2Si2/c1-12-90-58(78)39-54(94-44-52(62(82)85-5)72-64(84)92-34-36-96(9,10)11)60(79)70-40-56(76)68-23-26-87-28-30-89-32-31-88-29-27-86-25-21-55(75)71-51(61(80)81)43-93-45-57(77)74(24-16-22-69-63(83)91-33-35-95(6,7)8)59(65(2,3)4)53-37-47(49-38-48(66)19-20-50(49)67)42-73(53)41-46-17-14-13-15-18-46/h13-15,17-20,37-38,42,51-52,54,59H,12,16,21-36,39-41,43-45H2,1-11H3,(H,68,76)(H,69,83)(H,70,79)(H,71,75)(H,72,84)(H,80,81)/t51-,52-,54-,59-/m0/s1. The number of amides is 6. The van der Waals surface area contributed by atoms with E-state index in [1.165, 1.54) is 0 Å². The number of hydrogen-bond acceptors (Lipinski definition) is 19. The lowest BCUT2D eigenvalue weighted by atomic mass is 9.83. The van der Waals surface area contributed by atoms with Gasteiger partial charge in [-0.15, -0.1) is 23.5 Å². The molecule has 538 valence electrons. The van der Waals surface area contributed by atoms with E-state index in [0.717, 1.165) is 60.4 Å². The largest absolute Gasteiger partial charge is 0.480 e. The summed E-state index contributed by atoms with van der Waals surface area (Å²) < 4.78 is 74.5. The summed E-state index contributed by atoms with van der Waals surface area (Å²) in [4.78, 5) is 117. The Morgan fingerprint density at radius 1 is 0.688 bits per heavy atom. The number of ether oxygens (including phenoxy) is 8. The Kier molecular flexibility index (Phi) is 38.6. The highest BCUT2D eigenvalue weighted by Gasteiger charge is 2.38. The topological polar surface area (TPSA) is 316 Å². The molecule has 1 aromatic heterocycles. The fraction of sp³-hybridized carbons (Fsp3) is 0.615. The number of carboxylic acids is 1. The smallest absolute Gasteiger partial charge is 0.407 e. The molecule has 0 saturated heterocycles. The van der Waals surface area contributed by atoms with Gasteiger partial charge in [0.25, 0.3) is 0 Å². The van der Waals surface area contributed by atoms with Crippen molar-refractivity contribution in [3.63, 3.8) is 0 Å². The number of aliphatic carboxylic acids is 1. The molecule has 0 aliphatic rings. The highest BCUT2D eigenvalue weighted by atomic mass is 32.2. The van der Waals surface area contributed by atoms with Gasteiger partial charge in [-0.2, -0.15) is 0 Å². The van der Waals surface area contributed by atoms with Crippen LogP contribution in [0.3, 0.4) is 0 Å². The molecule has 0 saturated carbocycles. The average Bonchev–Trinajstić information content (AvgIpc) is 1.58. The van der Waals surface area contributed by atoms with Gasteiger partial charge in [-0.1, -0.05) is 90.4 Å². The van der Waals surface area contributed by atoms with Crippen LogP contribution in [0.2, 0.25) is 51.4 Å². The summed E-state index contributed by atoms with van der Waals surface area (Å²) in [5.74, 6) is -6.62. The van der Waals surface area contributed by atoms with Gasteiger partial charge >= 0.3 is 30.1 Å². The zero-order valence-electron chi connectivity index (χ0n) is 57.4. The minimum absolute atomic E-state index is 0.0281. The molecule has 0 spiro atoms. The number of aromatic nitrogens is 1. The van der Waals surface area contributed by atoms with Crippen molar-refractivity contribution in [1.29, 1.82) is 0 Å². The van der Waals surface area contributed by atoms with Crippen LogP contribution in [0.4, 0.5) is 18.4 Å². The maximum atomic E-state index is 15.4. The van der Waals surface area contributed by atoms with Gasteiger partial charge in [0.1, 0.15) is 23.7 Å². The third-order valence-electron chi connectivity index (χ3n) is 14.0. The summed E-state index contributed by atoms with van der Waals surface area (Å²) in [6, 6.07) is 12.8. The second kappa shape index (κ2) is 44.3. The normalized spacial score (nSPS) is 12.9. The Morgan fingerprint density at radius 2 is 1.30 bits per heavy atom. The third kappa shape index (κ3) is 35.1. The van der Waals surface area contributed by atoms with Gasteiger partial charge in [0, 0.05) is 83.3 Å². The number of alkyl carbamates (subject to hydrolysis) is 2. The molecule has 0 aliphatic heterocycles. The fourth-order valence-electron chi connectivity index (χ4n) is 9.03. The van der Waals surface area contributed by atoms with Crippen molar-refractivity contribution in [2.24, 2.45) is 5.41 Å². The van der Waals surface area contributed by atoms with Crippen LogP contribution in [0.15, 0.2) is 60.8 Å². The van der Waals surface area contributed by atoms with Crippen molar-refractivity contribution in [1.82, 2.24) is 36.1 Å². The quantitative estimate of drug-likeness (QED) is 0.0138. The van der Waals surface area contributed by atoms with Crippen molar-refractivity contribution in [3.05, 3.63) is 83.7 Å². The van der Waals surface area contributed by atoms with Crippen LogP contribution in [0, 0.1) is 17.0 Å². The maximum absolute atomic E-state index is 15.4. The van der Waals surface area contributed by atoms with E-state index in [1.54, 1.807) is 24.1 Å². The van der Waals surface area contributed by atoms with Crippen LogP contribution >= 0.6 is 23.5 Å². The molecule has 6 N–H and O–H groups in total. The molecule has 31 heteroatoms. The monoisotopic (exact) mass is 1430 g/mol. The molecule has 0 aliphatic carbocycles. The molecule has 0 unspecified atom stereocenters. The van der Waals surface area contributed by atoms with E-state index in [0.29, 0.717) is 30.3 Å². The van der Waals surface area contributed by atoms with Crippen molar-refractivity contribution in [2.75, 3.05) is 123 Å². The Labute approximate surface area is 573 Å². The molecule has 3 aromatic rings. The van der Waals surface area contributed by atoms with E-state index in [2.05, 4.69) is 65.9 Å². The lowest BCUT2D eigenvalue weighted by molar-refractivity contribution is -0.144. The minimum Gasteiger partial charge on any atom is -0.480 e. The highest BCUT2D eigenvalue weighted by Crippen LogP contribution is 2.41. The van der Waals surface area contributed by atoms with Gasteiger partial charge in [0.2, 0.25) is 23.6 Å².